The molecular weight excluding hydrogens is 239 g/mol. The van der Waals surface area contributed by atoms with E-state index in [1.165, 1.54) is 6.07 Å². The summed E-state index contributed by atoms with van der Waals surface area (Å²) in [5.74, 6) is -0.175. The Morgan fingerprint density at radius 1 is 1.16 bits per heavy atom. The number of hydrogen-bond donors (Lipinski definition) is 1. The number of hydrogen-bond acceptors (Lipinski definition) is 2. The number of benzene rings is 1. The van der Waals surface area contributed by atoms with Crippen LogP contribution in [-0.2, 0) is 12.8 Å². The van der Waals surface area contributed by atoms with Crippen LogP contribution in [0.5, 0.6) is 0 Å². The number of nitrogens with one attached hydrogen (secondary N) is 1. The van der Waals surface area contributed by atoms with Crippen LogP contribution in [0.25, 0.3) is 0 Å². The number of nitrogens with zero attached hydrogens (tertiary/aromatic N) is 1. The molecule has 2 rings (SSSR count). The summed E-state index contributed by atoms with van der Waals surface area (Å²) < 4.78 is 13.2. The highest BCUT2D eigenvalue weighted by Gasteiger charge is 2.10. The zero-order valence-corrected chi connectivity index (χ0v) is 11.1. The summed E-state index contributed by atoms with van der Waals surface area (Å²) in [5, 5.41) is 3.44. The second-order valence-electron chi connectivity index (χ2n) is 4.61. The lowest BCUT2D eigenvalue weighted by atomic mass is 10.0. The number of likely N-dealkylation sites (N-methyl/N-ethyl adjacent to an activating group) is 1. The average Bonchev–Trinajstić information content (AvgIpc) is 2.40. The summed E-state index contributed by atoms with van der Waals surface area (Å²) in [6.07, 6.45) is 3.47. The molecule has 0 saturated heterocycles. The van der Waals surface area contributed by atoms with Crippen LogP contribution in [0.3, 0.4) is 0 Å². The summed E-state index contributed by atoms with van der Waals surface area (Å²) in [5.41, 5.74) is 2.08. The molecular formula is C16H19FN2. The maximum atomic E-state index is 13.2. The van der Waals surface area contributed by atoms with E-state index in [9.17, 15) is 4.39 Å². The highest BCUT2D eigenvalue weighted by Crippen LogP contribution is 2.09. The van der Waals surface area contributed by atoms with Crippen molar-refractivity contribution in [2.75, 3.05) is 6.54 Å². The molecule has 100 valence electrons. The molecule has 0 aliphatic rings. The van der Waals surface area contributed by atoms with Crippen molar-refractivity contribution in [2.24, 2.45) is 0 Å². The van der Waals surface area contributed by atoms with Crippen molar-refractivity contribution in [3.05, 3.63) is 65.7 Å². The predicted molar refractivity (Wildman–Crippen MR) is 75.5 cm³/mol. The van der Waals surface area contributed by atoms with Gasteiger partial charge in [-0.25, -0.2) is 4.39 Å². The van der Waals surface area contributed by atoms with Crippen LogP contribution in [0, 0.1) is 5.82 Å². The first-order valence-electron chi connectivity index (χ1n) is 6.65. The molecule has 0 radical (unpaired) electrons. The van der Waals surface area contributed by atoms with Crippen molar-refractivity contribution in [1.82, 2.24) is 10.3 Å². The molecule has 3 heteroatoms. The van der Waals surface area contributed by atoms with Crippen molar-refractivity contribution in [1.29, 1.82) is 0 Å². The zero-order valence-electron chi connectivity index (χ0n) is 11.1. The lowest BCUT2D eigenvalue weighted by Gasteiger charge is -2.17. The molecule has 0 aliphatic carbocycles. The molecule has 2 aromatic rings. The van der Waals surface area contributed by atoms with E-state index >= 15 is 0 Å². The zero-order chi connectivity index (χ0) is 13.5. The van der Waals surface area contributed by atoms with Crippen LogP contribution < -0.4 is 5.32 Å². The van der Waals surface area contributed by atoms with Gasteiger partial charge in [-0.15, -0.1) is 0 Å². The van der Waals surface area contributed by atoms with Gasteiger partial charge in [-0.1, -0.05) is 25.1 Å². The molecule has 19 heavy (non-hydrogen) atoms. The largest absolute Gasteiger partial charge is 0.314 e. The molecule has 0 spiro atoms. The van der Waals surface area contributed by atoms with Crippen molar-refractivity contribution < 1.29 is 4.39 Å². The molecule has 0 aliphatic heterocycles. The first-order chi connectivity index (χ1) is 9.28. The summed E-state index contributed by atoms with van der Waals surface area (Å²) in [6.45, 7) is 2.98. The Hall–Kier alpha value is -1.74. The normalized spacial score (nSPS) is 12.3. The van der Waals surface area contributed by atoms with Gasteiger partial charge < -0.3 is 5.32 Å². The number of rotatable bonds is 6. The van der Waals surface area contributed by atoms with Gasteiger partial charge in [-0.3, -0.25) is 4.98 Å². The Bertz CT molecular complexity index is 499. The van der Waals surface area contributed by atoms with E-state index < -0.39 is 0 Å². The standard InChI is InChI=1S/C16H19FN2/c1-2-18-16(12-15-8-3-4-9-19-15)11-13-6-5-7-14(17)10-13/h3-10,16,18H,2,11-12H2,1H3. The Morgan fingerprint density at radius 2 is 2.05 bits per heavy atom. The van der Waals surface area contributed by atoms with Gasteiger partial charge in [0, 0.05) is 24.4 Å². The molecule has 2 nitrogen and oxygen atoms in total. The maximum Gasteiger partial charge on any atom is 0.123 e. The third-order valence-electron chi connectivity index (χ3n) is 3.05. The molecule has 1 aromatic carbocycles. The minimum absolute atomic E-state index is 0.175. The SMILES string of the molecule is CCNC(Cc1cccc(F)c1)Cc1ccccn1. The highest BCUT2D eigenvalue weighted by atomic mass is 19.1. The fraction of sp³-hybridized carbons (Fsp3) is 0.312. The van der Waals surface area contributed by atoms with Crippen molar-refractivity contribution in [2.45, 2.75) is 25.8 Å². The Morgan fingerprint density at radius 3 is 2.74 bits per heavy atom. The van der Waals surface area contributed by atoms with Crippen LogP contribution in [-0.4, -0.2) is 17.6 Å². The Balaban J connectivity index is 2.04. The first-order valence-corrected chi connectivity index (χ1v) is 6.65. The van der Waals surface area contributed by atoms with Gasteiger partial charge in [0.2, 0.25) is 0 Å². The molecule has 0 amide bonds. The monoisotopic (exact) mass is 258 g/mol. The van der Waals surface area contributed by atoms with Crippen molar-refractivity contribution in [3.63, 3.8) is 0 Å². The van der Waals surface area contributed by atoms with Gasteiger partial charge in [0.05, 0.1) is 0 Å². The highest BCUT2D eigenvalue weighted by molar-refractivity contribution is 5.18. The van der Waals surface area contributed by atoms with Crippen LogP contribution in [0.15, 0.2) is 48.7 Å². The van der Waals surface area contributed by atoms with Gasteiger partial charge in [-0.2, -0.15) is 0 Å². The predicted octanol–water partition coefficient (Wildman–Crippen LogP) is 2.98. The topological polar surface area (TPSA) is 24.9 Å². The minimum Gasteiger partial charge on any atom is -0.314 e. The fourth-order valence-electron chi connectivity index (χ4n) is 2.22. The van der Waals surface area contributed by atoms with E-state index in [4.69, 9.17) is 0 Å². The molecule has 1 N–H and O–H groups in total. The van der Waals surface area contributed by atoms with Gasteiger partial charge in [0.1, 0.15) is 5.82 Å². The Kier molecular flexibility index (Phi) is 5.04. The summed E-state index contributed by atoms with van der Waals surface area (Å²) in [6, 6.07) is 13.0. The summed E-state index contributed by atoms with van der Waals surface area (Å²) in [7, 11) is 0. The molecule has 0 saturated carbocycles. The van der Waals surface area contributed by atoms with E-state index in [1.807, 2.05) is 24.3 Å². The van der Waals surface area contributed by atoms with E-state index in [1.54, 1.807) is 18.3 Å². The number of aromatic nitrogens is 1. The Labute approximate surface area is 113 Å². The fourth-order valence-corrected chi connectivity index (χ4v) is 2.22. The minimum atomic E-state index is -0.175. The second-order valence-corrected chi connectivity index (χ2v) is 4.61. The third kappa shape index (κ3) is 4.45. The van der Waals surface area contributed by atoms with E-state index in [2.05, 4.69) is 17.2 Å². The lowest BCUT2D eigenvalue weighted by Crippen LogP contribution is -2.33. The van der Waals surface area contributed by atoms with Gasteiger partial charge >= 0.3 is 0 Å². The van der Waals surface area contributed by atoms with Crippen LogP contribution in [0.2, 0.25) is 0 Å². The molecule has 1 aromatic heterocycles. The molecule has 0 bridgehead atoms. The number of halogens is 1. The van der Waals surface area contributed by atoms with Crippen LogP contribution in [0.4, 0.5) is 4.39 Å². The van der Waals surface area contributed by atoms with Crippen LogP contribution >= 0.6 is 0 Å². The van der Waals surface area contributed by atoms with Gasteiger partial charge in [0.15, 0.2) is 0 Å². The third-order valence-corrected chi connectivity index (χ3v) is 3.05. The van der Waals surface area contributed by atoms with Crippen LogP contribution in [0.1, 0.15) is 18.2 Å². The smallest absolute Gasteiger partial charge is 0.123 e. The van der Waals surface area contributed by atoms with Crippen molar-refractivity contribution in [3.8, 4) is 0 Å². The molecule has 1 heterocycles. The van der Waals surface area contributed by atoms with E-state index in [0.717, 1.165) is 30.6 Å². The van der Waals surface area contributed by atoms with Crippen molar-refractivity contribution >= 4 is 0 Å². The molecule has 1 unspecified atom stereocenters. The quantitative estimate of drug-likeness (QED) is 0.861. The van der Waals surface area contributed by atoms with Gasteiger partial charge in [0.25, 0.3) is 0 Å². The second kappa shape index (κ2) is 7.00. The average molecular weight is 258 g/mol. The molecule has 1 atom stereocenters. The summed E-state index contributed by atoms with van der Waals surface area (Å²) in [4.78, 5) is 4.35. The summed E-state index contributed by atoms with van der Waals surface area (Å²) >= 11 is 0. The first kappa shape index (κ1) is 13.7. The van der Waals surface area contributed by atoms with Gasteiger partial charge in [-0.05, 0) is 42.8 Å². The maximum absolute atomic E-state index is 13.2. The lowest BCUT2D eigenvalue weighted by molar-refractivity contribution is 0.515. The van der Waals surface area contributed by atoms with E-state index in [-0.39, 0.29) is 11.9 Å². The number of pyridine rings is 1. The van der Waals surface area contributed by atoms with E-state index in [0.29, 0.717) is 0 Å². The molecule has 0 fully saturated rings.